The molecule has 2 heterocycles. The number of hydrogen-bond donors (Lipinski definition) is 3. The Bertz CT molecular complexity index is 1640. The van der Waals surface area contributed by atoms with Gasteiger partial charge in [-0.1, -0.05) is 130 Å². The Morgan fingerprint density at radius 3 is 2.08 bits per heavy atom. The van der Waals surface area contributed by atoms with Crippen molar-refractivity contribution in [3.8, 4) is 17.4 Å². The highest BCUT2D eigenvalue weighted by molar-refractivity contribution is 6.40. The molecule has 0 saturated carbocycles. The molecule has 2 aromatic carbocycles. The summed E-state index contributed by atoms with van der Waals surface area (Å²) < 4.78 is 2.41. The van der Waals surface area contributed by atoms with Gasteiger partial charge >= 0.3 is 0 Å². The molecule has 11 heteroatoms. The summed E-state index contributed by atoms with van der Waals surface area (Å²) in [5.74, 6) is -0.201. The quantitative estimate of drug-likeness (QED) is 0.0479. The maximum atomic E-state index is 13.2. The Labute approximate surface area is 303 Å². The Morgan fingerprint density at radius 1 is 0.833 bits per heavy atom. The molecule has 0 aliphatic carbocycles. The number of nitrogens with zero attached hydrogens (tertiary/aromatic N) is 3. The van der Waals surface area contributed by atoms with Gasteiger partial charge in [-0.05, 0) is 56.4 Å². The number of aromatic amines is 1. The van der Waals surface area contributed by atoms with Gasteiger partial charge in [-0.3, -0.25) is 9.89 Å². The largest absolute Gasteiger partial charge is 0.493 e. The van der Waals surface area contributed by atoms with Gasteiger partial charge in [0.2, 0.25) is 11.8 Å². The molecular weight excluding hydrogens is 690 g/mol. The van der Waals surface area contributed by atoms with Crippen molar-refractivity contribution in [3.05, 3.63) is 97.7 Å². The fraction of sp³-hybridized carbons (Fsp3) is 0.432. The Hall–Kier alpha value is -2.97. The van der Waals surface area contributed by atoms with E-state index in [1.807, 2.05) is 18.2 Å². The summed E-state index contributed by atoms with van der Waals surface area (Å²) >= 11 is 25.6. The number of halogens is 4. The van der Waals surface area contributed by atoms with Crippen LogP contribution in [0.5, 0.6) is 11.8 Å². The van der Waals surface area contributed by atoms with E-state index in [0.29, 0.717) is 22.7 Å². The van der Waals surface area contributed by atoms with Crippen LogP contribution in [0.2, 0.25) is 15.1 Å². The van der Waals surface area contributed by atoms with E-state index in [9.17, 15) is 15.0 Å². The van der Waals surface area contributed by atoms with Crippen LogP contribution in [0.25, 0.3) is 5.69 Å². The molecule has 1 unspecified atom stereocenters. The minimum atomic E-state index is -0.467. The number of anilines is 2. The smallest absolute Gasteiger partial charge is 0.273 e. The van der Waals surface area contributed by atoms with Crippen LogP contribution in [0.3, 0.4) is 0 Å². The summed E-state index contributed by atoms with van der Waals surface area (Å²) in [5, 5.41) is 27.4. The van der Waals surface area contributed by atoms with Crippen LogP contribution in [0, 0.1) is 0 Å². The highest BCUT2D eigenvalue weighted by atomic mass is 35.5. The molecule has 1 atom stereocenters. The molecule has 0 aliphatic heterocycles. The average Bonchev–Trinajstić information content (AvgIpc) is 3.55. The normalized spacial score (nSPS) is 12.3. The first-order chi connectivity index (χ1) is 23.2. The Kier molecular flexibility index (Phi) is 15.2. The van der Waals surface area contributed by atoms with Crippen LogP contribution in [0.4, 0.5) is 11.5 Å². The number of unbranched alkanes of at least 4 members (excludes halogenated alkanes) is 10. The standard InChI is InChI=1S/C37H46Cl4N4O3/c1-2-3-4-5-6-7-8-9-10-11-12-13-14-16-19-28(38)22-27-23-35(47)45(37(27)48)44(30-20-17-15-18-21-30)33-26-34(46)43(42-33)36-31(40)24-29(39)25-32(36)41/h13-15,17-18,20-21,23-26,28,42,47-48H,2-12,16,19,22H2,1H3. The van der Waals surface area contributed by atoms with E-state index < -0.39 is 5.56 Å². The van der Waals surface area contributed by atoms with Crippen LogP contribution >= 0.6 is 46.4 Å². The van der Waals surface area contributed by atoms with E-state index in [4.69, 9.17) is 46.4 Å². The van der Waals surface area contributed by atoms with Crippen molar-refractivity contribution in [2.24, 2.45) is 0 Å². The maximum absolute atomic E-state index is 13.2. The minimum absolute atomic E-state index is 0.171. The first kappa shape index (κ1) is 37.8. The lowest BCUT2D eigenvalue weighted by molar-refractivity contribution is 0.377. The van der Waals surface area contributed by atoms with E-state index in [0.717, 1.165) is 19.3 Å². The van der Waals surface area contributed by atoms with Crippen molar-refractivity contribution in [3.63, 3.8) is 0 Å². The molecule has 0 spiro atoms. The topological polar surface area (TPSA) is 86.4 Å². The monoisotopic (exact) mass is 734 g/mol. The van der Waals surface area contributed by atoms with Gasteiger partial charge in [0.1, 0.15) is 5.69 Å². The first-order valence-corrected chi connectivity index (χ1v) is 18.5. The van der Waals surface area contributed by atoms with Crippen LogP contribution < -0.4 is 10.6 Å². The molecule has 0 radical (unpaired) electrons. The highest BCUT2D eigenvalue weighted by Gasteiger charge is 2.26. The predicted molar refractivity (Wildman–Crippen MR) is 201 cm³/mol. The van der Waals surface area contributed by atoms with Crippen LogP contribution in [0.15, 0.2) is 71.5 Å². The number of alkyl halides is 1. The maximum Gasteiger partial charge on any atom is 0.273 e. The number of nitrogens with one attached hydrogen (secondary N) is 1. The predicted octanol–water partition coefficient (Wildman–Crippen LogP) is 11.7. The summed E-state index contributed by atoms with van der Waals surface area (Å²) in [6, 6.07) is 14.8. The van der Waals surface area contributed by atoms with Gasteiger partial charge in [-0.2, -0.15) is 4.68 Å². The van der Waals surface area contributed by atoms with Gasteiger partial charge in [-0.15, -0.1) is 11.6 Å². The third-order valence-corrected chi connectivity index (χ3v) is 9.50. The molecule has 0 aliphatic rings. The number of rotatable bonds is 20. The summed E-state index contributed by atoms with van der Waals surface area (Å²) in [5.41, 5.74) is 0.789. The van der Waals surface area contributed by atoms with E-state index in [-0.39, 0.29) is 38.7 Å². The second kappa shape index (κ2) is 19.3. The second-order valence-corrected chi connectivity index (χ2v) is 14.0. The number of aromatic nitrogens is 3. The molecule has 260 valence electrons. The van der Waals surface area contributed by atoms with Crippen molar-refractivity contribution in [1.82, 2.24) is 14.5 Å². The van der Waals surface area contributed by atoms with E-state index in [1.54, 1.807) is 12.1 Å². The van der Waals surface area contributed by atoms with Crippen LogP contribution in [0.1, 0.15) is 96.0 Å². The fourth-order valence-corrected chi connectivity index (χ4v) is 7.09. The number of aromatic hydroxyl groups is 2. The zero-order valence-corrected chi connectivity index (χ0v) is 30.5. The summed E-state index contributed by atoms with van der Waals surface area (Å²) in [6.07, 6.45) is 20.7. The van der Waals surface area contributed by atoms with Crippen molar-refractivity contribution in [1.29, 1.82) is 0 Å². The molecule has 0 bridgehead atoms. The molecule has 48 heavy (non-hydrogen) atoms. The average molecular weight is 737 g/mol. The number of para-hydroxylation sites is 1. The highest BCUT2D eigenvalue weighted by Crippen LogP contribution is 2.37. The molecule has 4 aromatic rings. The van der Waals surface area contributed by atoms with Gasteiger partial charge in [0.05, 0.1) is 15.7 Å². The summed E-state index contributed by atoms with van der Waals surface area (Å²) in [4.78, 5) is 13.2. The van der Waals surface area contributed by atoms with Gasteiger partial charge in [0, 0.05) is 28.1 Å². The van der Waals surface area contributed by atoms with Gasteiger partial charge in [0.25, 0.3) is 5.56 Å². The van der Waals surface area contributed by atoms with E-state index >= 15 is 0 Å². The zero-order valence-electron chi connectivity index (χ0n) is 27.5. The molecule has 2 aromatic heterocycles. The Balaban J connectivity index is 1.38. The molecular formula is C37H46Cl4N4O3. The number of allylic oxidation sites excluding steroid dienone is 2. The van der Waals surface area contributed by atoms with Gasteiger partial charge < -0.3 is 10.2 Å². The second-order valence-electron chi connectivity index (χ2n) is 12.2. The van der Waals surface area contributed by atoms with E-state index in [1.165, 1.54) is 103 Å². The van der Waals surface area contributed by atoms with Crippen LogP contribution in [-0.4, -0.2) is 30.0 Å². The molecule has 0 amide bonds. The van der Waals surface area contributed by atoms with Crippen LogP contribution in [-0.2, 0) is 6.42 Å². The van der Waals surface area contributed by atoms with Crippen molar-refractivity contribution < 1.29 is 10.2 Å². The van der Waals surface area contributed by atoms with Crippen molar-refractivity contribution in [2.75, 3.05) is 5.01 Å². The van der Waals surface area contributed by atoms with Crippen molar-refractivity contribution >= 4 is 57.9 Å². The third kappa shape index (κ3) is 10.5. The minimum Gasteiger partial charge on any atom is -0.493 e. The van der Waals surface area contributed by atoms with Gasteiger partial charge in [-0.25, -0.2) is 9.69 Å². The lowest BCUT2D eigenvalue weighted by Crippen LogP contribution is -2.24. The Morgan fingerprint density at radius 2 is 1.44 bits per heavy atom. The number of benzene rings is 2. The number of hydrogen-bond acceptors (Lipinski definition) is 4. The summed E-state index contributed by atoms with van der Waals surface area (Å²) in [6.45, 7) is 2.26. The lowest BCUT2D eigenvalue weighted by Gasteiger charge is -2.25. The zero-order chi connectivity index (χ0) is 34.5. The SMILES string of the molecule is CCCCCCCCCCCCC=CCCC(Cl)Cc1cc(O)n(N(c2ccccc2)c2cc(=O)n(-c3c(Cl)cc(Cl)cc3Cl)[nH]2)c1O. The molecule has 3 N–H and O–H groups in total. The molecule has 7 nitrogen and oxygen atoms in total. The number of H-pyrrole nitrogens is 1. The summed E-state index contributed by atoms with van der Waals surface area (Å²) in [7, 11) is 0. The first-order valence-electron chi connectivity index (χ1n) is 16.9. The third-order valence-electron chi connectivity index (χ3n) is 8.33. The fourth-order valence-electron chi connectivity index (χ4n) is 5.81. The molecule has 0 saturated heterocycles. The lowest BCUT2D eigenvalue weighted by atomic mass is 10.1. The van der Waals surface area contributed by atoms with Gasteiger partial charge in [0.15, 0.2) is 5.82 Å². The molecule has 4 rings (SSSR count). The molecule has 0 fully saturated rings. The van der Waals surface area contributed by atoms with E-state index in [2.05, 4.69) is 24.2 Å². The van der Waals surface area contributed by atoms with Crippen molar-refractivity contribution in [2.45, 2.75) is 102 Å².